The monoisotopic (exact) mass is 426 g/mol. The number of hydrogen-bond donors (Lipinski definition) is 0. The summed E-state index contributed by atoms with van der Waals surface area (Å²) in [6.45, 7) is 7.33. The van der Waals surface area contributed by atoms with Crippen molar-refractivity contribution in [3.63, 3.8) is 0 Å². The van der Waals surface area contributed by atoms with Gasteiger partial charge in [0.15, 0.2) is 0 Å². The topological polar surface area (TPSA) is 41.4 Å². The Balaban J connectivity index is 1.49. The third kappa shape index (κ3) is 3.29. The summed E-state index contributed by atoms with van der Waals surface area (Å²) in [7, 11) is 0. The first-order valence-electron chi connectivity index (χ1n) is 10.8. The number of halogens is 1. The lowest BCUT2D eigenvalue weighted by Crippen LogP contribution is -2.48. The molecule has 1 aromatic carbocycles. The molecule has 1 saturated heterocycles. The molecule has 3 heterocycles. The fourth-order valence-electron chi connectivity index (χ4n) is 4.71. The van der Waals surface area contributed by atoms with Crippen LogP contribution >= 0.6 is 11.3 Å². The molecule has 2 aromatic heterocycles. The van der Waals surface area contributed by atoms with E-state index in [1.54, 1.807) is 11.3 Å². The maximum atomic E-state index is 13.5. The van der Waals surface area contributed by atoms with Crippen molar-refractivity contribution in [3.8, 4) is 0 Å². The van der Waals surface area contributed by atoms with E-state index in [2.05, 4.69) is 23.6 Å². The number of thiophene rings is 1. The van der Waals surface area contributed by atoms with Gasteiger partial charge in [-0.1, -0.05) is 0 Å². The lowest BCUT2D eigenvalue weighted by molar-refractivity contribution is 0.544. The van der Waals surface area contributed by atoms with Crippen LogP contribution in [0.15, 0.2) is 29.1 Å². The van der Waals surface area contributed by atoms with E-state index in [-0.39, 0.29) is 17.4 Å². The number of rotatable bonds is 3. The minimum absolute atomic E-state index is 0.0543. The second-order valence-electron chi connectivity index (χ2n) is 8.52. The Labute approximate surface area is 179 Å². The van der Waals surface area contributed by atoms with Gasteiger partial charge in [-0.05, 0) is 69.4 Å². The van der Waals surface area contributed by atoms with E-state index in [9.17, 15) is 9.18 Å². The van der Waals surface area contributed by atoms with Crippen LogP contribution in [0.1, 0.15) is 43.2 Å². The zero-order chi connectivity index (χ0) is 20.8. The van der Waals surface area contributed by atoms with Gasteiger partial charge in [-0.25, -0.2) is 9.37 Å². The van der Waals surface area contributed by atoms with Gasteiger partial charge in [-0.3, -0.25) is 9.36 Å². The van der Waals surface area contributed by atoms with Gasteiger partial charge in [-0.2, -0.15) is 0 Å². The van der Waals surface area contributed by atoms with E-state index in [1.165, 1.54) is 29.0 Å². The molecule has 0 saturated carbocycles. The summed E-state index contributed by atoms with van der Waals surface area (Å²) in [6, 6.07) is 6.72. The Morgan fingerprint density at radius 1 is 1.00 bits per heavy atom. The molecule has 0 spiro atoms. The highest BCUT2D eigenvalue weighted by Crippen LogP contribution is 2.35. The molecule has 0 N–H and O–H groups in total. The third-order valence-electron chi connectivity index (χ3n) is 6.27. The SMILES string of the molecule is CC(C)n1c(N2CCN(c3ccc(F)cc3)CC2)nc2sc3c(c2c1=O)CCCC3. The normalized spacial score (nSPS) is 17.1. The molecular formula is C23H27FN4OS. The van der Waals surface area contributed by atoms with E-state index in [0.29, 0.717) is 0 Å². The van der Waals surface area contributed by atoms with E-state index >= 15 is 0 Å². The van der Waals surface area contributed by atoms with Crippen molar-refractivity contribution in [1.82, 2.24) is 9.55 Å². The first-order valence-corrected chi connectivity index (χ1v) is 11.7. The average molecular weight is 427 g/mol. The van der Waals surface area contributed by atoms with Crippen molar-refractivity contribution >= 4 is 33.2 Å². The molecule has 7 heteroatoms. The largest absolute Gasteiger partial charge is 0.368 e. The minimum Gasteiger partial charge on any atom is -0.368 e. The molecule has 1 aliphatic carbocycles. The summed E-state index contributed by atoms with van der Waals surface area (Å²) in [5.74, 6) is 0.578. The number of fused-ring (bicyclic) bond motifs is 3. The fourth-order valence-corrected chi connectivity index (χ4v) is 5.96. The number of benzene rings is 1. The number of hydrogen-bond acceptors (Lipinski definition) is 5. The van der Waals surface area contributed by atoms with Crippen LogP contribution in [0, 0.1) is 5.82 Å². The lowest BCUT2D eigenvalue weighted by Gasteiger charge is -2.37. The van der Waals surface area contributed by atoms with Crippen LogP contribution in [-0.2, 0) is 12.8 Å². The smallest absolute Gasteiger partial charge is 0.264 e. The average Bonchev–Trinajstić information content (AvgIpc) is 3.13. The standard InChI is InChI=1S/C23H27FN4OS/c1-15(2)28-22(29)20-18-5-3-4-6-19(18)30-21(20)25-23(28)27-13-11-26(12-14-27)17-9-7-16(24)8-10-17/h7-10,15H,3-6,11-14H2,1-2H3. The number of aryl methyl sites for hydroxylation is 2. The first-order chi connectivity index (χ1) is 14.5. The zero-order valence-corrected chi connectivity index (χ0v) is 18.3. The van der Waals surface area contributed by atoms with E-state index < -0.39 is 0 Å². The Morgan fingerprint density at radius 2 is 1.67 bits per heavy atom. The van der Waals surface area contributed by atoms with Gasteiger partial charge in [0.05, 0.1) is 5.39 Å². The molecule has 0 unspecified atom stereocenters. The van der Waals surface area contributed by atoms with Crippen LogP contribution in [0.5, 0.6) is 0 Å². The molecule has 30 heavy (non-hydrogen) atoms. The van der Waals surface area contributed by atoms with Crippen LogP contribution in [-0.4, -0.2) is 35.7 Å². The minimum atomic E-state index is -0.213. The van der Waals surface area contributed by atoms with Crippen LogP contribution in [0.3, 0.4) is 0 Å². The molecule has 5 rings (SSSR count). The van der Waals surface area contributed by atoms with Crippen LogP contribution < -0.4 is 15.4 Å². The summed E-state index contributed by atoms with van der Waals surface area (Å²) < 4.78 is 15.1. The molecule has 0 radical (unpaired) electrons. The zero-order valence-electron chi connectivity index (χ0n) is 17.5. The number of aromatic nitrogens is 2. The quantitative estimate of drug-likeness (QED) is 0.623. The van der Waals surface area contributed by atoms with Crippen molar-refractivity contribution in [2.75, 3.05) is 36.0 Å². The van der Waals surface area contributed by atoms with Gasteiger partial charge >= 0.3 is 0 Å². The van der Waals surface area contributed by atoms with Gasteiger partial charge < -0.3 is 9.80 Å². The van der Waals surface area contributed by atoms with Gasteiger partial charge in [0.25, 0.3) is 5.56 Å². The molecule has 0 bridgehead atoms. The molecule has 0 amide bonds. The summed E-state index contributed by atoms with van der Waals surface area (Å²) in [4.78, 5) is 25.3. The van der Waals surface area contributed by atoms with Gasteiger partial charge in [-0.15, -0.1) is 11.3 Å². The molecule has 2 aliphatic rings. The first kappa shape index (κ1) is 19.5. The maximum Gasteiger partial charge on any atom is 0.264 e. The summed E-state index contributed by atoms with van der Waals surface area (Å²) >= 11 is 1.71. The number of nitrogens with zero attached hydrogens (tertiary/aromatic N) is 4. The third-order valence-corrected chi connectivity index (χ3v) is 7.46. The van der Waals surface area contributed by atoms with Crippen LogP contribution in [0.25, 0.3) is 10.2 Å². The molecule has 5 nitrogen and oxygen atoms in total. The highest BCUT2D eigenvalue weighted by atomic mass is 32.1. The molecule has 1 fully saturated rings. The Bertz CT molecular complexity index is 1130. The van der Waals surface area contributed by atoms with Crippen molar-refractivity contribution < 1.29 is 4.39 Å². The lowest BCUT2D eigenvalue weighted by atomic mass is 9.97. The fraction of sp³-hybridized carbons (Fsp3) is 0.478. The highest BCUT2D eigenvalue weighted by Gasteiger charge is 2.27. The summed E-state index contributed by atoms with van der Waals surface area (Å²) in [5, 5.41) is 0.858. The van der Waals surface area contributed by atoms with Gasteiger partial charge in [0, 0.05) is 42.8 Å². The predicted molar refractivity (Wildman–Crippen MR) is 122 cm³/mol. The number of piperazine rings is 1. The summed E-state index contributed by atoms with van der Waals surface area (Å²) in [5.41, 5.74) is 2.40. The molecule has 1 aliphatic heterocycles. The van der Waals surface area contributed by atoms with Gasteiger partial charge in [0.2, 0.25) is 5.95 Å². The second kappa shape index (κ2) is 7.69. The highest BCUT2D eigenvalue weighted by molar-refractivity contribution is 7.18. The van der Waals surface area contributed by atoms with Gasteiger partial charge in [0.1, 0.15) is 10.6 Å². The van der Waals surface area contributed by atoms with Crippen molar-refractivity contribution in [2.45, 2.75) is 45.6 Å². The molecule has 158 valence electrons. The van der Waals surface area contributed by atoms with Crippen LogP contribution in [0.2, 0.25) is 0 Å². The van der Waals surface area contributed by atoms with Crippen molar-refractivity contribution in [2.24, 2.45) is 0 Å². The molecule has 3 aromatic rings. The van der Waals surface area contributed by atoms with E-state index in [0.717, 1.165) is 67.3 Å². The molecular weight excluding hydrogens is 399 g/mol. The Kier molecular flexibility index (Phi) is 5.01. The molecule has 0 atom stereocenters. The Morgan fingerprint density at radius 3 is 2.37 bits per heavy atom. The number of anilines is 2. The van der Waals surface area contributed by atoms with E-state index in [1.807, 2.05) is 16.7 Å². The van der Waals surface area contributed by atoms with Crippen molar-refractivity contribution in [1.29, 1.82) is 0 Å². The van der Waals surface area contributed by atoms with Crippen molar-refractivity contribution in [3.05, 3.63) is 50.9 Å². The maximum absolute atomic E-state index is 13.5. The summed E-state index contributed by atoms with van der Waals surface area (Å²) in [6.07, 6.45) is 4.44. The van der Waals surface area contributed by atoms with E-state index in [4.69, 9.17) is 4.98 Å². The van der Waals surface area contributed by atoms with Crippen LogP contribution in [0.4, 0.5) is 16.0 Å². The second-order valence-corrected chi connectivity index (χ2v) is 9.61. The Hall–Kier alpha value is -2.41. The predicted octanol–water partition coefficient (Wildman–Crippen LogP) is 4.38.